The molecule has 4 nitrogen and oxygen atoms in total. The second kappa shape index (κ2) is 8.00. The Morgan fingerprint density at radius 1 is 1.47 bits per heavy atom. The largest absolute Gasteiger partial charge is 0.481 e. The molecule has 0 aliphatic heterocycles. The topological polar surface area (TPSA) is 53.4 Å². The van der Waals surface area contributed by atoms with Crippen molar-refractivity contribution in [1.82, 2.24) is 4.98 Å². The first-order valence-electron chi connectivity index (χ1n) is 6.64. The van der Waals surface area contributed by atoms with Gasteiger partial charge in [0.1, 0.15) is 5.82 Å². The Morgan fingerprint density at radius 3 is 2.74 bits per heavy atom. The first-order valence-corrected chi connectivity index (χ1v) is 7.01. The van der Waals surface area contributed by atoms with Crippen LogP contribution in [0.25, 0.3) is 0 Å². The molecule has 1 unspecified atom stereocenters. The number of hydrogen-bond acceptors (Lipinski definition) is 3. The lowest BCUT2D eigenvalue weighted by molar-refractivity contribution is -0.140. The maximum Gasteiger partial charge on any atom is 0.308 e. The number of aromatic nitrogens is 1. The summed E-state index contributed by atoms with van der Waals surface area (Å²) in [6.07, 6.45) is 4.89. The molecular weight excluding hydrogens is 264 g/mol. The zero-order chi connectivity index (χ0) is 14.3. The molecule has 106 valence electrons. The quantitative estimate of drug-likeness (QED) is 0.743. The highest BCUT2D eigenvalue weighted by Crippen LogP contribution is 2.17. The Bertz CT molecular complexity index is 395. The van der Waals surface area contributed by atoms with E-state index in [4.69, 9.17) is 16.7 Å². The van der Waals surface area contributed by atoms with Crippen LogP contribution in [0.15, 0.2) is 18.3 Å². The van der Waals surface area contributed by atoms with Gasteiger partial charge in [0.25, 0.3) is 0 Å². The predicted octanol–water partition coefficient (Wildman–Crippen LogP) is 3.45. The van der Waals surface area contributed by atoms with Gasteiger partial charge in [0.15, 0.2) is 0 Å². The van der Waals surface area contributed by atoms with E-state index in [-0.39, 0.29) is 0 Å². The minimum atomic E-state index is -0.783. The zero-order valence-electron chi connectivity index (χ0n) is 11.5. The Morgan fingerprint density at radius 2 is 2.21 bits per heavy atom. The number of nitrogens with zero attached hydrogens (tertiary/aromatic N) is 2. The molecule has 0 amide bonds. The molecule has 1 atom stereocenters. The van der Waals surface area contributed by atoms with E-state index >= 15 is 0 Å². The lowest BCUT2D eigenvalue weighted by atomic mass is 10.1. The molecule has 0 saturated heterocycles. The fraction of sp³-hybridized carbons (Fsp3) is 0.571. The van der Waals surface area contributed by atoms with Crippen LogP contribution in [0.1, 0.15) is 33.1 Å². The van der Waals surface area contributed by atoms with Gasteiger partial charge in [0.2, 0.25) is 0 Å². The third kappa shape index (κ3) is 5.47. The highest BCUT2D eigenvalue weighted by Gasteiger charge is 2.17. The number of halogens is 1. The molecule has 0 bridgehead atoms. The molecule has 0 aliphatic carbocycles. The monoisotopic (exact) mass is 284 g/mol. The number of unbranched alkanes of at least 4 members (excludes halogenated alkanes) is 2. The second-order valence-corrected chi connectivity index (χ2v) is 5.16. The van der Waals surface area contributed by atoms with Crippen molar-refractivity contribution in [2.45, 2.75) is 33.1 Å². The number of anilines is 1. The number of aliphatic carboxylic acids is 1. The summed E-state index contributed by atoms with van der Waals surface area (Å²) in [6.45, 7) is 5.14. The lowest BCUT2D eigenvalue weighted by Crippen LogP contribution is -2.33. The van der Waals surface area contributed by atoms with Crippen LogP contribution in [-0.4, -0.2) is 29.1 Å². The molecule has 0 spiro atoms. The lowest BCUT2D eigenvalue weighted by Gasteiger charge is -2.25. The highest BCUT2D eigenvalue weighted by atomic mass is 35.5. The number of pyridine rings is 1. The van der Waals surface area contributed by atoms with Gasteiger partial charge in [-0.05, 0) is 18.6 Å². The van der Waals surface area contributed by atoms with Gasteiger partial charge in [0, 0.05) is 19.3 Å². The zero-order valence-corrected chi connectivity index (χ0v) is 12.2. The van der Waals surface area contributed by atoms with E-state index in [1.807, 2.05) is 11.0 Å². The molecule has 5 heteroatoms. The van der Waals surface area contributed by atoms with Crippen molar-refractivity contribution in [1.29, 1.82) is 0 Å². The fourth-order valence-corrected chi connectivity index (χ4v) is 1.93. The first-order chi connectivity index (χ1) is 9.04. The average molecular weight is 285 g/mol. The molecule has 19 heavy (non-hydrogen) atoms. The Hall–Kier alpha value is -1.29. The van der Waals surface area contributed by atoms with Crippen LogP contribution < -0.4 is 4.90 Å². The van der Waals surface area contributed by atoms with E-state index in [9.17, 15) is 4.79 Å². The van der Waals surface area contributed by atoms with E-state index in [1.165, 1.54) is 0 Å². The minimum Gasteiger partial charge on any atom is -0.481 e. The molecule has 0 aliphatic rings. The molecule has 0 saturated carbocycles. The van der Waals surface area contributed by atoms with Crippen LogP contribution in [0.5, 0.6) is 0 Å². The summed E-state index contributed by atoms with van der Waals surface area (Å²) in [4.78, 5) is 17.3. The summed E-state index contributed by atoms with van der Waals surface area (Å²) >= 11 is 5.82. The first kappa shape index (κ1) is 15.8. The summed E-state index contributed by atoms with van der Waals surface area (Å²) in [5, 5.41) is 9.61. The van der Waals surface area contributed by atoms with Gasteiger partial charge in [-0.1, -0.05) is 38.3 Å². The number of hydrogen-bond donors (Lipinski definition) is 1. The third-order valence-corrected chi connectivity index (χ3v) is 3.21. The molecule has 1 rings (SSSR count). The number of carbonyl (C=O) groups is 1. The maximum atomic E-state index is 11.0. The minimum absolute atomic E-state index is 0.417. The van der Waals surface area contributed by atoms with E-state index in [1.54, 1.807) is 19.2 Å². The van der Waals surface area contributed by atoms with Crippen LogP contribution in [0, 0.1) is 5.92 Å². The van der Waals surface area contributed by atoms with E-state index in [0.717, 1.165) is 31.6 Å². The van der Waals surface area contributed by atoms with Crippen molar-refractivity contribution in [3.8, 4) is 0 Å². The van der Waals surface area contributed by atoms with Crippen molar-refractivity contribution in [3.05, 3.63) is 23.4 Å². The summed E-state index contributed by atoms with van der Waals surface area (Å²) in [6, 6.07) is 3.62. The van der Waals surface area contributed by atoms with E-state index in [2.05, 4.69) is 11.9 Å². The summed E-state index contributed by atoms with van der Waals surface area (Å²) in [5.41, 5.74) is 0. The van der Waals surface area contributed by atoms with Gasteiger partial charge in [-0.25, -0.2) is 4.98 Å². The van der Waals surface area contributed by atoms with Gasteiger partial charge >= 0.3 is 5.97 Å². The average Bonchev–Trinajstić information content (AvgIpc) is 2.38. The molecule has 1 N–H and O–H groups in total. The number of rotatable bonds is 8. The van der Waals surface area contributed by atoms with Gasteiger partial charge in [-0.3, -0.25) is 4.79 Å². The standard InChI is InChI=1S/C14H21ClN2O2/c1-3-4-5-8-17(10-11(2)14(18)19)13-7-6-12(15)9-16-13/h6-7,9,11H,3-5,8,10H2,1-2H3,(H,18,19). The highest BCUT2D eigenvalue weighted by molar-refractivity contribution is 6.30. The molecular formula is C14H21ClN2O2. The third-order valence-electron chi connectivity index (χ3n) is 2.98. The van der Waals surface area contributed by atoms with Crippen molar-refractivity contribution in [3.63, 3.8) is 0 Å². The fourth-order valence-electron chi connectivity index (χ4n) is 1.82. The number of carboxylic acid groups (broad SMARTS) is 1. The van der Waals surface area contributed by atoms with Crippen molar-refractivity contribution in [2.24, 2.45) is 5.92 Å². The molecule has 1 aromatic rings. The van der Waals surface area contributed by atoms with Crippen molar-refractivity contribution >= 4 is 23.4 Å². The van der Waals surface area contributed by atoms with Crippen LogP contribution in [0.3, 0.4) is 0 Å². The van der Waals surface area contributed by atoms with Crippen LogP contribution >= 0.6 is 11.6 Å². The van der Waals surface area contributed by atoms with Crippen LogP contribution in [0.4, 0.5) is 5.82 Å². The van der Waals surface area contributed by atoms with E-state index < -0.39 is 11.9 Å². The van der Waals surface area contributed by atoms with Crippen LogP contribution in [-0.2, 0) is 4.79 Å². The van der Waals surface area contributed by atoms with Gasteiger partial charge in [-0.2, -0.15) is 0 Å². The molecule has 0 fully saturated rings. The molecule has 0 radical (unpaired) electrons. The smallest absolute Gasteiger partial charge is 0.308 e. The van der Waals surface area contributed by atoms with Gasteiger partial charge in [-0.15, -0.1) is 0 Å². The van der Waals surface area contributed by atoms with Gasteiger partial charge in [0.05, 0.1) is 10.9 Å². The predicted molar refractivity (Wildman–Crippen MR) is 77.8 cm³/mol. The SMILES string of the molecule is CCCCCN(CC(C)C(=O)O)c1ccc(Cl)cn1. The normalized spacial score (nSPS) is 12.2. The molecule has 1 aromatic heterocycles. The Kier molecular flexibility index (Phi) is 6.64. The maximum absolute atomic E-state index is 11.0. The summed E-state index contributed by atoms with van der Waals surface area (Å²) < 4.78 is 0. The summed E-state index contributed by atoms with van der Waals surface area (Å²) in [5.74, 6) is -0.415. The Balaban J connectivity index is 2.73. The number of carboxylic acids is 1. The molecule has 0 aromatic carbocycles. The molecule has 1 heterocycles. The Labute approximate surface area is 119 Å². The van der Waals surface area contributed by atoms with Gasteiger partial charge < -0.3 is 10.0 Å². The van der Waals surface area contributed by atoms with E-state index in [0.29, 0.717) is 11.6 Å². The van der Waals surface area contributed by atoms with Crippen LogP contribution in [0.2, 0.25) is 5.02 Å². The second-order valence-electron chi connectivity index (χ2n) is 4.73. The van der Waals surface area contributed by atoms with Crippen molar-refractivity contribution < 1.29 is 9.90 Å². The summed E-state index contributed by atoms with van der Waals surface area (Å²) in [7, 11) is 0. The van der Waals surface area contributed by atoms with Crippen molar-refractivity contribution in [2.75, 3.05) is 18.0 Å².